The van der Waals surface area contributed by atoms with Gasteiger partial charge in [0.15, 0.2) is 11.4 Å². The van der Waals surface area contributed by atoms with Crippen LogP contribution in [0.3, 0.4) is 0 Å². The third-order valence-corrected chi connectivity index (χ3v) is 6.65. The number of hydrogen-bond acceptors (Lipinski definition) is 6. The Bertz CT molecular complexity index is 904. The predicted octanol–water partition coefficient (Wildman–Crippen LogP) is 2.07. The van der Waals surface area contributed by atoms with Crippen LogP contribution >= 0.6 is 11.3 Å². The summed E-state index contributed by atoms with van der Waals surface area (Å²) in [6, 6.07) is 10.9. The summed E-state index contributed by atoms with van der Waals surface area (Å²) in [5.74, 6) is -0.612. The van der Waals surface area contributed by atoms with Crippen LogP contribution in [0.4, 0.5) is 5.69 Å². The molecule has 1 aromatic heterocycles. The fourth-order valence-electron chi connectivity index (χ4n) is 3.91. The summed E-state index contributed by atoms with van der Waals surface area (Å²) in [7, 11) is 2.09. The van der Waals surface area contributed by atoms with Gasteiger partial charge in [-0.3, -0.25) is 19.4 Å². The SMILES string of the molecule is Cc1ccc(C(=O)C[C@]2(O)C(=O)N(CN3CCN(C)CC3)c3ccccc32)s1. The normalized spacial score (nSPS) is 23.2. The Labute approximate surface area is 169 Å². The molecule has 2 aliphatic heterocycles. The number of rotatable bonds is 5. The van der Waals surface area contributed by atoms with Gasteiger partial charge in [-0.15, -0.1) is 11.3 Å². The summed E-state index contributed by atoms with van der Waals surface area (Å²) in [6.07, 6.45) is -0.234. The highest BCUT2D eigenvalue weighted by Gasteiger charge is 2.51. The Balaban J connectivity index is 1.59. The fourth-order valence-corrected chi connectivity index (χ4v) is 4.72. The molecule has 1 saturated heterocycles. The van der Waals surface area contributed by atoms with E-state index in [-0.39, 0.29) is 12.2 Å². The molecule has 0 spiro atoms. The molecule has 1 atom stereocenters. The average molecular weight is 400 g/mol. The molecular weight excluding hydrogens is 374 g/mol. The van der Waals surface area contributed by atoms with Crippen LogP contribution in [0.25, 0.3) is 0 Å². The number of likely N-dealkylation sites (N-methyl/N-ethyl adjacent to an activating group) is 1. The van der Waals surface area contributed by atoms with Gasteiger partial charge in [0.25, 0.3) is 5.91 Å². The van der Waals surface area contributed by atoms with Crippen molar-refractivity contribution < 1.29 is 14.7 Å². The minimum Gasteiger partial charge on any atom is -0.375 e. The Morgan fingerprint density at radius 3 is 2.54 bits per heavy atom. The zero-order valence-electron chi connectivity index (χ0n) is 16.2. The maximum atomic E-state index is 13.3. The summed E-state index contributed by atoms with van der Waals surface area (Å²) in [5.41, 5.74) is -0.585. The molecule has 28 heavy (non-hydrogen) atoms. The lowest BCUT2D eigenvalue weighted by molar-refractivity contribution is -0.136. The van der Waals surface area contributed by atoms with Crippen LogP contribution in [0.5, 0.6) is 0 Å². The number of nitrogens with zero attached hydrogens (tertiary/aromatic N) is 3. The zero-order valence-corrected chi connectivity index (χ0v) is 17.0. The first kappa shape index (κ1) is 19.3. The van der Waals surface area contributed by atoms with E-state index < -0.39 is 11.5 Å². The average Bonchev–Trinajstić information content (AvgIpc) is 3.20. The number of aryl methyl sites for hydroxylation is 1. The minimum absolute atomic E-state index is 0.204. The van der Waals surface area contributed by atoms with Crippen LogP contribution in [0.15, 0.2) is 36.4 Å². The van der Waals surface area contributed by atoms with Crippen molar-refractivity contribution in [3.8, 4) is 0 Å². The van der Waals surface area contributed by atoms with E-state index in [1.165, 1.54) is 11.3 Å². The number of piperazine rings is 1. The van der Waals surface area contributed by atoms with Gasteiger partial charge in [-0.05, 0) is 32.2 Å². The second kappa shape index (κ2) is 7.40. The second-order valence-electron chi connectivity index (χ2n) is 7.68. The van der Waals surface area contributed by atoms with E-state index in [4.69, 9.17) is 0 Å². The molecule has 2 aliphatic rings. The molecule has 148 valence electrons. The molecule has 0 radical (unpaired) electrons. The molecule has 1 amide bonds. The van der Waals surface area contributed by atoms with Crippen molar-refractivity contribution >= 4 is 28.7 Å². The summed E-state index contributed by atoms with van der Waals surface area (Å²) in [4.78, 5) is 33.8. The van der Waals surface area contributed by atoms with Crippen molar-refractivity contribution in [3.63, 3.8) is 0 Å². The Morgan fingerprint density at radius 2 is 1.86 bits per heavy atom. The van der Waals surface area contributed by atoms with Crippen molar-refractivity contribution in [1.82, 2.24) is 9.80 Å². The van der Waals surface area contributed by atoms with Gasteiger partial charge in [-0.1, -0.05) is 18.2 Å². The molecule has 7 heteroatoms. The lowest BCUT2D eigenvalue weighted by Gasteiger charge is -2.35. The predicted molar refractivity (Wildman–Crippen MR) is 110 cm³/mol. The highest BCUT2D eigenvalue weighted by atomic mass is 32.1. The van der Waals surface area contributed by atoms with Gasteiger partial charge in [0.05, 0.1) is 23.7 Å². The minimum atomic E-state index is -1.81. The molecule has 0 saturated carbocycles. The summed E-state index contributed by atoms with van der Waals surface area (Å²) in [6.45, 7) is 6.00. The number of aliphatic hydroxyl groups is 1. The maximum Gasteiger partial charge on any atom is 0.265 e. The van der Waals surface area contributed by atoms with Crippen molar-refractivity contribution in [2.75, 3.05) is 44.8 Å². The fraction of sp³-hybridized carbons (Fsp3) is 0.429. The molecular formula is C21H25N3O3S. The van der Waals surface area contributed by atoms with E-state index in [9.17, 15) is 14.7 Å². The first-order valence-corrected chi connectivity index (χ1v) is 10.3. The van der Waals surface area contributed by atoms with E-state index in [1.54, 1.807) is 23.1 Å². The highest BCUT2D eigenvalue weighted by Crippen LogP contribution is 2.43. The molecule has 0 bridgehead atoms. The Kier molecular flexibility index (Phi) is 5.09. The second-order valence-corrected chi connectivity index (χ2v) is 8.97. The van der Waals surface area contributed by atoms with Crippen molar-refractivity contribution in [1.29, 1.82) is 0 Å². The molecule has 1 N–H and O–H groups in total. The molecule has 6 nitrogen and oxygen atoms in total. The topological polar surface area (TPSA) is 64.1 Å². The number of thiophene rings is 1. The summed E-state index contributed by atoms with van der Waals surface area (Å²) >= 11 is 1.39. The maximum absolute atomic E-state index is 13.3. The van der Waals surface area contributed by atoms with Crippen LogP contribution in [-0.2, 0) is 10.4 Å². The van der Waals surface area contributed by atoms with E-state index >= 15 is 0 Å². The molecule has 4 rings (SSSR count). The summed E-state index contributed by atoms with van der Waals surface area (Å²) < 4.78 is 0. The van der Waals surface area contributed by atoms with Crippen LogP contribution in [0.2, 0.25) is 0 Å². The lowest BCUT2D eigenvalue weighted by Crippen LogP contribution is -2.51. The first-order chi connectivity index (χ1) is 13.4. The molecule has 1 fully saturated rings. The molecule has 2 aromatic rings. The lowest BCUT2D eigenvalue weighted by atomic mass is 9.89. The number of Topliss-reactive ketones (excluding diaryl/α,β-unsaturated/α-hetero) is 1. The van der Waals surface area contributed by atoms with Crippen LogP contribution in [-0.4, -0.2) is 66.5 Å². The number of anilines is 1. The van der Waals surface area contributed by atoms with Gasteiger partial charge in [0, 0.05) is 36.6 Å². The van der Waals surface area contributed by atoms with Gasteiger partial charge in [-0.2, -0.15) is 0 Å². The molecule has 0 aliphatic carbocycles. The van der Waals surface area contributed by atoms with Gasteiger partial charge in [0.1, 0.15) is 0 Å². The number of para-hydroxylation sites is 1. The number of fused-ring (bicyclic) bond motifs is 1. The van der Waals surface area contributed by atoms with Gasteiger partial charge in [0.2, 0.25) is 0 Å². The van der Waals surface area contributed by atoms with Crippen LogP contribution < -0.4 is 4.90 Å². The molecule has 3 heterocycles. The smallest absolute Gasteiger partial charge is 0.265 e. The number of carbonyl (C=O) groups excluding carboxylic acids is 2. The van der Waals surface area contributed by atoms with Crippen LogP contribution in [0.1, 0.15) is 26.5 Å². The summed E-state index contributed by atoms with van der Waals surface area (Å²) in [5, 5.41) is 11.4. The Hall–Kier alpha value is -2.06. The number of ketones is 1. The number of carbonyl (C=O) groups is 2. The van der Waals surface area contributed by atoms with Crippen molar-refractivity contribution in [3.05, 3.63) is 51.7 Å². The zero-order chi connectivity index (χ0) is 19.9. The van der Waals surface area contributed by atoms with Crippen LogP contribution in [0, 0.1) is 6.92 Å². The monoisotopic (exact) mass is 399 g/mol. The largest absolute Gasteiger partial charge is 0.375 e. The third-order valence-electron chi connectivity index (χ3n) is 5.61. The van der Waals surface area contributed by atoms with E-state index in [0.717, 1.165) is 31.1 Å². The Morgan fingerprint density at radius 1 is 1.14 bits per heavy atom. The van der Waals surface area contributed by atoms with Gasteiger partial charge in [-0.25, -0.2) is 0 Å². The number of hydrogen-bond donors (Lipinski definition) is 1. The quantitative estimate of drug-likeness (QED) is 0.780. The van der Waals surface area contributed by atoms with Crippen molar-refractivity contribution in [2.24, 2.45) is 0 Å². The standard InChI is InChI=1S/C21H25N3O3S/c1-15-7-8-19(28-15)18(25)13-21(27)16-5-3-4-6-17(16)24(20(21)26)14-23-11-9-22(2)10-12-23/h3-8,27H,9-14H2,1-2H3/t21-/m1/s1. The molecule has 0 unspecified atom stereocenters. The third kappa shape index (κ3) is 3.39. The van der Waals surface area contributed by atoms with E-state index in [0.29, 0.717) is 22.8 Å². The van der Waals surface area contributed by atoms with E-state index in [2.05, 4.69) is 16.8 Å². The van der Waals surface area contributed by atoms with Gasteiger partial charge < -0.3 is 10.0 Å². The highest BCUT2D eigenvalue weighted by molar-refractivity contribution is 7.14. The van der Waals surface area contributed by atoms with Gasteiger partial charge >= 0.3 is 0 Å². The first-order valence-electron chi connectivity index (χ1n) is 9.53. The van der Waals surface area contributed by atoms with E-state index in [1.807, 2.05) is 25.1 Å². The number of amides is 1. The van der Waals surface area contributed by atoms with Crippen molar-refractivity contribution in [2.45, 2.75) is 18.9 Å². The number of benzene rings is 1. The molecule has 1 aromatic carbocycles.